The minimum absolute atomic E-state index is 0.382. The van der Waals surface area contributed by atoms with Crippen molar-refractivity contribution in [2.45, 2.75) is 17.9 Å². The van der Waals surface area contributed by atoms with Gasteiger partial charge in [-0.3, -0.25) is 0 Å². The standard InChI is InChI=1S/C18H16O3/c19-17-18(20,15-10-5-2-6-11-15)16(12-7-13-21-17)14-8-3-1-4-9-14/h1-11,13,16,20H,12H2/t16-,18+/m0/s1. The summed E-state index contributed by atoms with van der Waals surface area (Å²) in [5.41, 5.74) is -0.230. The molecule has 2 aromatic rings. The molecule has 3 nitrogen and oxygen atoms in total. The highest BCUT2D eigenvalue weighted by Crippen LogP contribution is 2.42. The number of allylic oxidation sites excluding steroid dienone is 1. The molecule has 0 radical (unpaired) electrons. The van der Waals surface area contributed by atoms with Crippen molar-refractivity contribution in [1.29, 1.82) is 0 Å². The highest BCUT2D eigenvalue weighted by Gasteiger charge is 2.48. The van der Waals surface area contributed by atoms with Crippen LogP contribution in [0.2, 0.25) is 0 Å². The Hall–Kier alpha value is -2.39. The van der Waals surface area contributed by atoms with E-state index in [1.807, 2.05) is 36.4 Å². The maximum absolute atomic E-state index is 12.4. The normalized spacial score (nSPS) is 25.2. The fraction of sp³-hybridized carbons (Fsp3) is 0.167. The number of carbonyl (C=O) groups excluding carboxylic acids is 1. The van der Waals surface area contributed by atoms with Crippen LogP contribution in [0.4, 0.5) is 0 Å². The van der Waals surface area contributed by atoms with Gasteiger partial charge in [-0.1, -0.05) is 60.7 Å². The van der Waals surface area contributed by atoms with Crippen molar-refractivity contribution in [1.82, 2.24) is 0 Å². The van der Waals surface area contributed by atoms with Crippen LogP contribution in [0.5, 0.6) is 0 Å². The van der Waals surface area contributed by atoms with E-state index in [0.29, 0.717) is 12.0 Å². The molecule has 0 spiro atoms. The molecule has 0 aromatic heterocycles. The zero-order valence-corrected chi connectivity index (χ0v) is 11.5. The Labute approximate surface area is 123 Å². The Morgan fingerprint density at radius 1 is 1.00 bits per heavy atom. The minimum Gasteiger partial charge on any atom is -0.432 e. The van der Waals surface area contributed by atoms with Gasteiger partial charge in [0.05, 0.1) is 6.26 Å². The van der Waals surface area contributed by atoms with Gasteiger partial charge < -0.3 is 9.84 Å². The molecule has 2 aromatic carbocycles. The second kappa shape index (κ2) is 5.54. The SMILES string of the molecule is O=C1OC=CC[C@@H](c2ccccc2)[C@]1(O)c1ccccc1. The van der Waals surface area contributed by atoms with Gasteiger partial charge in [0.2, 0.25) is 0 Å². The zero-order valence-electron chi connectivity index (χ0n) is 11.5. The van der Waals surface area contributed by atoms with Gasteiger partial charge >= 0.3 is 5.97 Å². The van der Waals surface area contributed by atoms with Crippen molar-refractivity contribution in [3.8, 4) is 0 Å². The average molecular weight is 280 g/mol. The monoisotopic (exact) mass is 280 g/mol. The number of ether oxygens (including phenoxy) is 1. The highest BCUT2D eigenvalue weighted by atomic mass is 16.5. The maximum atomic E-state index is 12.4. The molecule has 1 aliphatic rings. The lowest BCUT2D eigenvalue weighted by molar-refractivity contribution is -0.162. The molecule has 0 fully saturated rings. The first-order valence-corrected chi connectivity index (χ1v) is 6.92. The van der Waals surface area contributed by atoms with E-state index >= 15 is 0 Å². The summed E-state index contributed by atoms with van der Waals surface area (Å²) in [7, 11) is 0. The topological polar surface area (TPSA) is 46.5 Å². The molecule has 106 valence electrons. The fourth-order valence-electron chi connectivity index (χ4n) is 2.78. The summed E-state index contributed by atoms with van der Waals surface area (Å²) in [6, 6.07) is 18.5. The molecular formula is C18H16O3. The lowest BCUT2D eigenvalue weighted by Crippen LogP contribution is -2.41. The Bertz CT molecular complexity index is 649. The third-order valence-corrected chi connectivity index (χ3v) is 3.87. The second-order valence-corrected chi connectivity index (χ2v) is 5.11. The quantitative estimate of drug-likeness (QED) is 0.860. The number of aliphatic hydroxyl groups is 1. The van der Waals surface area contributed by atoms with Crippen LogP contribution in [0.15, 0.2) is 73.0 Å². The molecule has 0 aliphatic carbocycles. The Kier molecular flexibility index (Phi) is 3.59. The molecule has 1 N–H and O–H groups in total. The Morgan fingerprint density at radius 2 is 1.62 bits per heavy atom. The van der Waals surface area contributed by atoms with Crippen LogP contribution in [0.25, 0.3) is 0 Å². The highest BCUT2D eigenvalue weighted by molar-refractivity contribution is 5.83. The van der Waals surface area contributed by atoms with Gasteiger partial charge in [-0.2, -0.15) is 0 Å². The summed E-state index contributed by atoms with van der Waals surface area (Å²) < 4.78 is 5.06. The minimum atomic E-state index is -1.69. The van der Waals surface area contributed by atoms with Crippen LogP contribution < -0.4 is 0 Å². The number of cyclic esters (lactones) is 1. The van der Waals surface area contributed by atoms with E-state index in [1.54, 1.807) is 30.3 Å². The third-order valence-electron chi connectivity index (χ3n) is 3.87. The molecule has 0 bridgehead atoms. The van der Waals surface area contributed by atoms with E-state index < -0.39 is 11.6 Å². The number of hydrogen-bond donors (Lipinski definition) is 1. The molecule has 2 atom stereocenters. The zero-order chi connectivity index (χ0) is 14.7. The summed E-state index contributed by atoms with van der Waals surface area (Å²) in [4.78, 5) is 12.4. The smallest absolute Gasteiger partial charge is 0.348 e. The number of rotatable bonds is 2. The molecule has 0 amide bonds. The summed E-state index contributed by atoms with van der Waals surface area (Å²) >= 11 is 0. The van der Waals surface area contributed by atoms with Gasteiger partial charge in [-0.25, -0.2) is 4.79 Å². The summed E-state index contributed by atoms with van der Waals surface area (Å²) in [6.07, 6.45) is 3.66. The van der Waals surface area contributed by atoms with Crippen LogP contribution in [0, 0.1) is 0 Å². The van der Waals surface area contributed by atoms with E-state index in [0.717, 1.165) is 5.56 Å². The van der Waals surface area contributed by atoms with E-state index in [2.05, 4.69) is 0 Å². The molecular weight excluding hydrogens is 264 g/mol. The first kappa shape index (κ1) is 13.6. The van der Waals surface area contributed by atoms with E-state index in [1.165, 1.54) is 6.26 Å². The molecule has 0 unspecified atom stereocenters. The molecule has 3 heteroatoms. The van der Waals surface area contributed by atoms with Gasteiger partial charge in [-0.15, -0.1) is 0 Å². The number of hydrogen-bond acceptors (Lipinski definition) is 3. The molecule has 3 rings (SSSR count). The molecule has 1 aliphatic heterocycles. The van der Waals surface area contributed by atoms with Crippen molar-refractivity contribution >= 4 is 5.97 Å². The third kappa shape index (κ3) is 2.36. The molecule has 1 heterocycles. The number of esters is 1. The number of benzene rings is 2. The van der Waals surface area contributed by atoms with Crippen molar-refractivity contribution in [3.63, 3.8) is 0 Å². The lowest BCUT2D eigenvalue weighted by Gasteiger charge is -2.32. The predicted octanol–water partition coefficient (Wildman–Crippen LogP) is 3.12. The molecule has 0 saturated heterocycles. The lowest BCUT2D eigenvalue weighted by atomic mass is 9.76. The van der Waals surface area contributed by atoms with Gasteiger partial charge in [0, 0.05) is 5.92 Å². The van der Waals surface area contributed by atoms with Crippen LogP contribution in [-0.4, -0.2) is 11.1 Å². The van der Waals surface area contributed by atoms with Gasteiger partial charge in [0.25, 0.3) is 0 Å². The molecule has 21 heavy (non-hydrogen) atoms. The maximum Gasteiger partial charge on any atom is 0.348 e. The molecule has 0 saturated carbocycles. The fourth-order valence-corrected chi connectivity index (χ4v) is 2.78. The first-order chi connectivity index (χ1) is 10.2. The van der Waals surface area contributed by atoms with Crippen LogP contribution in [0.3, 0.4) is 0 Å². The van der Waals surface area contributed by atoms with E-state index in [4.69, 9.17) is 4.74 Å². The Morgan fingerprint density at radius 3 is 2.29 bits per heavy atom. The van der Waals surface area contributed by atoms with Gasteiger partial charge in [0.1, 0.15) is 0 Å². The largest absolute Gasteiger partial charge is 0.432 e. The predicted molar refractivity (Wildman–Crippen MR) is 79.4 cm³/mol. The summed E-state index contributed by atoms with van der Waals surface area (Å²) in [5.74, 6) is -1.02. The van der Waals surface area contributed by atoms with Crippen molar-refractivity contribution in [3.05, 3.63) is 84.1 Å². The van der Waals surface area contributed by atoms with Crippen molar-refractivity contribution in [2.75, 3.05) is 0 Å². The summed E-state index contributed by atoms with van der Waals surface area (Å²) in [6.45, 7) is 0. The second-order valence-electron chi connectivity index (χ2n) is 5.11. The van der Waals surface area contributed by atoms with Crippen molar-refractivity contribution in [2.24, 2.45) is 0 Å². The summed E-state index contributed by atoms with van der Waals surface area (Å²) in [5, 5.41) is 11.2. The number of carbonyl (C=O) groups is 1. The average Bonchev–Trinajstić information content (AvgIpc) is 2.70. The van der Waals surface area contributed by atoms with Crippen molar-refractivity contribution < 1.29 is 14.6 Å². The van der Waals surface area contributed by atoms with E-state index in [-0.39, 0.29) is 5.92 Å². The van der Waals surface area contributed by atoms with Crippen LogP contribution >= 0.6 is 0 Å². The van der Waals surface area contributed by atoms with Gasteiger partial charge in [0.15, 0.2) is 5.60 Å². The first-order valence-electron chi connectivity index (χ1n) is 6.92. The van der Waals surface area contributed by atoms with Crippen LogP contribution in [0.1, 0.15) is 23.5 Å². The van der Waals surface area contributed by atoms with E-state index in [9.17, 15) is 9.90 Å². The Balaban J connectivity index is 2.14. The van der Waals surface area contributed by atoms with Crippen LogP contribution in [-0.2, 0) is 15.1 Å². The van der Waals surface area contributed by atoms with Gasteiger partial charge in [-0.05, 0) is 23.6 Å².